The Kier molecular flexibility index (Phi) is 3.98. The van der Waals surface area contributed by atoms with Crippen LogP contribution in [0.25, 0.3) is 0 Å². The van der Waals surface area contributed by atoms with Gasteiger partial charge in [0.05, 0.1) is 12.7 Å². The van der Waals surface area contributed by atoms with Crippen LogP contribution in [0.4, 0.5) is 0 Å². The van der Waals surface area contributed by atoms with Gasteiger partial charge in [-0.2, -0.15) is 0 Å². The fourth-order valence-corrected chi connectivity index (χ4v) is 4.24. The molecule has 6 heteroatoms. The van der Waals surface area contributed by atoms with Crippen LogP contribution in [0, 0.1) is 0 Å². The van der Waals surface area contributed by atoms with E-state index >= 15 is 0 Å². The van der Waals surface area contributed by atoms with Crippen LogP contribution in [0.15, 0.2) is 42.5 Å². The number of hydrogen-bond donors (Lipinski definition) is 0. The molecule has 2 aliphatic rings. The average Bonchev–Trinajstić information content (AvgIpc) is 3.29. The number of carbonyl (C=O) groups is 1. The van der Waals surface area contributed by atoms with Gasteiger partial charge in [-0.3, -0.25) is 4.79 Å². The first kappa shape index (κ1) is 15.2. The normalized spacial score (nSPS) is 18.7. The molecule has 0 saturated carbocycles. The van der Waals surface area contributed by atoms with Gasteiger partial charge >= 0.3 is 0 Å². The van der Waals surface area contributed by atoms with Crippen molar-refractivity contribution in [3.05, 3.63) is 53.6 Å². The molecule has 24 heavy (non-hydrogen) atoms. The number of hydrogen-bond acceptors (Lipinski definition) is 5. The Hall–Kier alpha value is -2.34. The van der Waals surface area contributed by atoms with Crippen LogP contribution in [0.1, 0.15) is 21.3 Å². The van der Waals surface area contributed by atoms with Crippen LogP contribution in [0.3, 0.4) is 0 Å². The Morgan fingerprint density at radius 1 is 1.21 bits per heavy atom. The predicted molar refractivity (Wildman–Crippen MR) is 91.8 cm³/mol. The van der Waals surface area contributed by atoms with E-state index in [-0.39, 0.29) is 18.1 Å². The minimum absolute atomic E-state index is 0.0138. The zero-order chi connectivity index (χ0) is 16.5. The van der Waals surface area contributed by atoms with Gasteiger partial charge < -0.3 is 19.1 Å². The fourth-order valence-electron chi connectivity index (χ4n) is 3.00. The lowest BCUT2D eigenvalue weighted by Gasteiger charge is -2.25. The molecule has 0 aliphatic carbocycles. The van der Waals surface area contributed by atoms with Crippen LogP contribution in [0.5, 0.6) is 17.2 Å². The van der Waals surface area contributed by atoms with Crippen LogP contribution < -0.4 is 14.2 Å². The van der Waals surface area contributed by atoms with Gasteiger partial charge in [0.2, 0.25) is 6.79 Å². The van der Waals surface area contributed by atoms with E-state index in [4.69, 9.17) is 14.2 Å². The summed E-state index contributed by atoms with van der Waals surface area (Å²) in [5, 5.41) is -0.0306. The summed E-state index contributed by atoms with van der Waals surface area (Å²) in [6, 6.07) is 13.2. The number of nitrogens with zero attached hydrogens (tertiary/aromatic N) is 1. The molecule has 0 spiro atoms. The standard InChI is InChI=1S/C18H17NO4S/c1-21-14-5-3-2-4-13(14)17(20)19-8-9-24-18(19)12-6-7-15-16(10-12)23-11-22-15/h2-7,10,18H,8-9,11H2,1H3/t18-/m1/s1. The molecule has 0 N–H and O–H groups in total. The van der Waals surface area contributed by atoms with Crippen LogP contribution in [-0.4, -0.2) is 37.0 Å². The fraction of sp³-hybridized carbons (Fsp3) is 0.278. The van der Waals surface area contributed by atoms with Gasteiger partial charge in [0, 0.05) is 12.3 Å². The van der Waals surface area contributed by atoms with Crippen molar-refractivity contribution >= 4 is 17.7 Å². The SMILES string of the molecule is COc1ccccc1C(=O)N1CCS[C@@H]1c1ccc2c(c1)OCO2. The molecule has 2 aliphatic heterocycles. The summed E-state index contributed by atoms with van der Waals surface area (Å²) in [7, 11) is 1.58. The van der Waals surface area contributed by atoms with E-state index in [0.717, 1.165) is 22.8 Å². The van der Waals surface area contributed by atoms with Crippen molar-refractivity contribution in [2.45, 2.75) is 5.37 Å². The van der Waals surface area contributed by atoms with Gasteiger partial charge in [-0.25, -0.2) is 0 Å². The first-order valence-corrected chi connectivity index (χ1v) is 8.78. The van der Waals surface area contributed by atoms with E-state index in [1.165, 1.54) is 0 Å². The summed E-state index contributed by atoms with van der Waals surface area (Å²) < 4.78 is 16.2. The Morgan fingerprint density at radius 3 is 2.92 bits per heavy atom. The first-order chi connectivity index (χ1) is 11.8. The molecule has 0 radical (unpaired) electrons. The molecule has 2 aromatic carbocycles. The second-order valence-corrected chi connectivity index (χ2v) is 6.72. The highest BCUT2D eigenvalue weighted by atomic mass is 32.2. The molecule has 2 heterocycles. The summed E-state index contributed by atoms with van der Waals surface area (Å²) in [6.07, 6.45) is 0. The van der Waals surface area contributed by atoms with Crippen molar-refractivity contribution in [3.63, 3.8) is 0 Å². The van der Waals surface area contributed by atoms with Gasteiger partial charge in [0.15, 0.2) is 11.5 Å². The predicted octanol–water partition coefficient (Wildman–Crippen LogP) is 3.31. The summed E-state index contributed by atoms with van der Waals surface area (Å²) in [5.74, 6) is 2.98. The molecule has 1 amide bonds. The lowest BCUT2D eigenvalue weighted by Crippen LogP contribution is -2.30. The van der Waals surface area contributed by atoms with Crippen molar-refractivity contribution in [1.82, 2.24) is 4.90 Å². The van der Waals surface area contributed by atoms with Gasteiger partial charge in [-0.1, -0.05) is 18.2 Å². The van der Waals surface area contributed by atoms with Crippen LogP contribution >= 0.6 is 11.8 Å². The number of rotatable bonds is 3. The topological polar surface area (TPSA) is 48.0 Å². The van der Waals surface area contributed by atoms with Gasteiger partial charge in [-0.05, 0) is 29.8 Å². The molecule has 0 aromatic heterocycles. The number of benzene rings is 2. The molecule has 5 nitrogen and oxygen atoms in total. The van der Waals surface area contributed by atoms with Crippen molar-refractivity contribution in [3.8, 4) is 17.2 Å². The van der Waals surface area contributed by atoms with Gasteiger partial charge in [0.1, 0.15) is 11.1 Å². The third-order valence-electron chi connectivity index (χ3n) is 4.17. The number of amides is 1. The van der Waals surface area contributed by atoms with E-state index in [1.807, 2.05) is 41.3 Å². The molecule has 2 aromatic rings. The van der Waals surface area contributed by atoms with Gasteiger partial charge in [0.25, 0.3) is 5.91 Å². The lowest BCUT2D eigenvalue weighted by molar-refractivity contribution is 0.0756. The summed E-state index contributed by atoms with van der Waals surface area (Å²) in [5.41, 5.74) is 1.64. The summed E-state index contributed by atoms with van der Waals surface area (Å²) >= 11 is 1.75. The largest absolute Gasteiger partial charge is 0.496 e. The third-order valence-corrected chi connectivity index (χ3v) is 5.43. The molecule has 124 valence electrons. The minimum atomic E-state index is -0.0306. The molecular formula is C18H17NO4S. The number of ether oxygens (including phenoxy) is 3. The maximum absolute atomic E-state index is 13.0. The second-order valence-electron chi connectivity index (χ2n) is 5.53. The molecule has 1 atom stereocenters. The van der Waals surface area contributed by atoms with E-state index < -0.39 is 0 Å². The third kappa shape index (κ3) is 2.57. The Labute approximate surface area is 144 Å². The molecule has 1 saturated heterocycles. The minimum Gasteiger partial charge on any atom is -0.496 e. The van der Waals surface area contributed by atoms with Crippen molar-refractivity contribution in [1.29, 1.82) is 0 Å². The Bertz CT molecular complexity index is 779. The van der Waals surface area contributed by atoms with Crippen LogP contribution in [0.2, 0.25) is 0 Å². The lowest BCUT2D eigenvalue weighted by atomic mass is 10.1. The highest BCUT2D eigenvalue weighted by molar-refractivity contribution is 7.99. The monoisotopic (exact) mass is 343 g/mol. The Morgan fingerprint density at radius 2 is 2.04 bits per heavy atom. The zero-order valence-corrected chi connectivity index (χ0v) is 14.0. The zero-order valence-electron chi connectivity index (χ0n) is 13.2. The average molecular weight is 343 g/mol. The van der Waals surface area contributed by atoms with Crippen molar-refractivity contribution in [2.75, 3.05) is 26.2 Å². The van der Waals surface area contributed by atoms with E-state index in [9.17, 15) is 4.79 Å². The van der Waals surface area contributed by atoms with Crippen molar-refractivity contribution in [2.24, 2.45) is 0 Å². The maximum atomic E-state index is 13.0. The van der Waals surface area contributed by atoms with Crippen molar-refractivity contribution < 1.29 is 19.0 Å². The number of fused-ring (bicyclic) bond motifs is 1. The van der Waals surface area contributed by atoms with E-state index in [0.29, 0.717) is 17.9 Å². The summed E-state index contributed by atoms with van der Waals surface area (Å²) in [6.45, 7) is 0.959. The van der Waals surface area contributed by atoms with Crippen LogP contribution in [-0.2, 0) is 0 Å². The number of para-hydroxylation sites is 1. The molecule has 4 rings (SSSR count). The quantitative estimate of drug-likeness (QED) is 0.856. The highest BCUT2D eigenvalue weighted by Gasteiger charge is 2.33. The van der Waals surface area contributed by atoms with E-state index in [2.05, 4.69) is 0 Å². The molecule has 0 unspecified atom stereocenters. The summed E-state index contributed by atoms with van der Waals surface area (Å²) in [4.78, 5) is 14.9. The number of thioether (sulfide) groups is 1. The molecule has 1 fully saturated rings. The number of methoxy groups -OCH3 is 1. The Balaban J connectivity index is 1.64. The maximum Gasteiger partial charge on any atom is 0.258 e. The smallest absolute Gasteiger partial charge is 0.258 e. The van der Waals surface area contributed by atoms with E-state index in [1.54, 1.807) is 24.9 Å². The second kappa shape index (κ2) is 6.28. The van der Waals surface area contributed by atoms with Gasteiger partial charge in [-0.15, -0.1) is 11.8 Å². The first-order valence-electron chi connectivity index (χ1n) is 7.73. The highest BCUT2D eigenvalue weighted by Crippen LogP contribution is 2.43. The molecular weight excluding hydrogens is 326 g/mol. The molecule has 0 bridgehead atoms. The number of carbonyl (C=O) groups excluding carboxylic acids is 1.